The van der Waals surface area contributed by atoms with E-state index in [-0.39, 0.29) is 6.61 Å². The maximum Gasteiger partial charge on any atom is 0.389 e. The lowest BCUT2D eigenvalue weighted by atomic mass is 10.3. The highest BCUT2D eigenvalue weighted by Crippen LogP contribution is 2.29. The summed E-state index contributed by atoms with van der Waals surface area (Å²) in [6.45, 7) is 5.73. The molecule has 0 aliphatic rings. The van der Waals surface area contributed by atoms with Crippen LogP contribution in [0.4, 0.5) is 0 Å². The minimum absolute atomic E-state index is 0.199. The molecule has 9 aromatic carbocycles. The summed E-state index contributed by atoms with van der Waals surface area (Å²) < 4.78 is 32.2. The minimum Gasteiger partial charge on any atom is -0.462 e. The molecule has 9 heteroatoms. The normalized spacial score (nSPS) is 12.0. The average Bonchev–Trinajstić information content (AvgIpc) is 3.44. The molecule has 0 amide bonds. The van der Waals surface area contributed by atoms with Crippen LogP contribution in [0.2, 0.25) is 6.04 Å². The van der Waals surface area contributed by atoms with Crippen LogP contribution >= 0.6 is 0 Å². The first-order valence-electron chi connectivity index (χ1n) is 23.8. The van der Waals surface area contributed by atoms with Crippen molar-refractivity contribution in [3.8, 4) is 0 Å². The van der Waals surface area contributed by atoms with Gasteiger partial charge in [-0.15, -0.1) is 0 Å². The summed E-state index contributed by atoms with van der Waals surface area (Å²) in [5.74, 6) is -0.408. The second-order valence-electron chi connectivity index (χ2n) is 17.4. The van der Waals surface area contributed by atoms with Gasteiger partial charge in [-0.1, -0.05) is 280 Å². The first-order valence-corrected chi connectivity index (χ1v) is 31.5. The molecule has 346 valence electrons. The molecule has 9 rings (SSSR count). The van der Waals surface area contributed by atoms with Crippen LogP contribution in [0.1, 0.15) is 13.3 Å². The largest absolute Gasteiger partial charge is 0.462 e. The van der Waals surface area contributed by atoms with Crippen molar-refractivity contribution in [3.05, 3.63) is 285 Å². The Morgan fingerprint density at radius 2 is 0.614 bits per heavy atom. The predicted octanol–water partition coefficient (Wildman–Crippen LogP) is 7.49. The van der Waals surface area contributed by atoms with Crippen LogP contribution in [-0.4, -0.2) is 46.3 Å². The van der Waals surface area contributed by atoms with Crippen LogP contribution in [0.3, 0.4) is 0 Å². The van der Waals surface area contributed by atoms with Gasteiger partial charge < -0.3 is 17.1 Å². The first-order chi connectivity index (χ1) is 34.4. The summed E-state index contributed by atoms with van der Waals surface area (Å²) in [5.41, 5.74) is 0.364. The van der Waals surface area contributed by atoms with E-state index in [4.69, 9.17) is 17.1 Å². The van der Waals surface area contributed by atoms with Crippen molar-refractivity contribution in [2.75, 3.05) is 6.61 Å². The van der Waals surface area contributed by atoms with E-state index in [0.717, 1.165) is 46.7 Å². The van der Waals surface area contributed by atoms with Crippen molar-refractivity contribution in [2.45, 2.75) is 19.4 Å². The van der Waals surface area contributed by atoms with E-state index in [2.05, 4.69) is 280 Å². The standard InChI is InChI=1S/C61H56O5Si4/c1-51(2)61(62)63-49-30-50-67(52-31-12-3-13-32-52,53-33-14-4-15-34-53)64-69(57-41-22-8-23-42-57,58-43-24-9-25-44-58)66-70(59-45-26-10-27-46-59,60-47-28-11-29-48-60)65-68(54-35-16-5-17-36-54,55-37-18-6-19-38-55)56-39-20-7-21-40-56/h3-29,31-48H,1,30,49-50H2,2H3. The molecule has 70 heavy (non-hydrogen) atoms. The zero-order chi connectivity index (χ0) is 48.1. The lowest BCUT2D eigenvalue weighted by Gasteiger charge is -2.49. The van der Waals surface area contributed by atoms with E-state index >= 15 is 0 Å². The van der Waals surface area contributed by atoms with Crippen molar-refractivity contribution >= 4 is 86.4 Å². The van der Waals surface area contributed by atoms with Crippen LogP contribution in [0.25, 0.3) is 0 Å². The Morgan fingerprint density at radius 3 is 0.900 bits per heavy atom. The van der Waals surface area contributed by atoms with Crippen molar-refractivity contribution in [2.24, 2.45) is 0 Å². The van der Waals surface area contributed by atoms with E-state index in [1.54, 1.807) is 6.92 Å². The number of carbonyl (C=O) groups is 1. The summed E-state index contributed by atoms with van der Waals surface area (Å²) in [4.78, 5) is 12.9. The molecule has 9 aromatic rings. The molecule has 0 bridgehead atoms. The molecule has 5 nitrogen and oxygen atoms in total. The summed E-state index contributed by atoms with van der Waals surface area (Å²) in [5, 5.41) is 9.22. The fourth-order valence-electron chi connectivity index (χ4n) is 9.48. The third-order valence-corrected chi connectivity index (χ3v) is 31.4. The van der Waals surface area contributed by atoms with E-state index < -0.39 is 39.7 Å². The monoisotopic (exact) mass is 980 g/mol. The van der Waals surface area contributed by atoms with Gasteiger partial charge in [-0.2, -0.15) is 0 Å². The van der Waals surface area contributed by atoms with Crippen molar-refractivity contribution < 1.29 is 21.9 Å². The van der Waals surface area contributed by atoms with Gasteiger partial charge in [0, 0.05) is 5.57 Å². The fraction of sp³-hybridized carbons (Fsp3) is 0.0656. The highest BCUT2D eigenvalue weighted by Gasteiger charge is 2.61. The van der Waals surface area contributed by atoms with Gasteiger partial charge in [0.1, 0.15) is 0 Å². The van der Waals surface area contributed by atoms with Crippen LogP contribution in [0.15, 0.2) is 285 Å². The number of benzene rings is 9. The van der Waals surface area contributed by atoms with E-state index in [1.807, 2.05) is 0 Å². The number of ether oxygens (including phenoxy) is 1. The van der Waals surface area contributed by atoms with Gasteiger partial charge in [0.2, 0.25) is 8.32 Å². The number of hydrogen-bond donors (Lipinski definition) is 0. The van der Waals surface area contributed by atoms with Crippen LogP contribution in [0, 0.1) is 0 Å². The third-order valence-electron chi connectivity index (χ3n) is 12.8. The molecule has 0 heterocycles. The zero-order valence-corrected chi connectivity index (χ0v) is 43.4. The number of esters is 1. The summed E-state index contributed by atoms with van der Waals surface area (Å²) >= 11 is 0. The Morgan fingerprint density at radius 1 is 0.357 bits per heavy atom. The smallest absolute Gasteiger partial charge is 0.389 e. The minimum atomic E-state index is -4.16. The summed E-state index contributed by atoms with van der Waals surface area (Å²) in [6, 6.07) is 96.5. The van der Waals surface area contributed by atoms with Crippen molar-refractivity contribution in [3.63, 3.8) is 0 Å². The molecule has 0 aliphatic heterocycles. The van der Waals surface area contributed by atoms with Crippen LogP contribution in [0.5, 0.6) is 0 Å². The van der Waals surface area contributed by atoms with Crippen LogP contribution < -0.4 is 46.7 Å². The third kappa shape index (κ3) is 9.87. The maximum absolute atomic E-state index is 12.9. The first kappa shape index (κ1) is 48.0. The highest BCUT2D eigenvalue weighted by atomic mass is 28.5. The van der Waals surface area contributed by atoms with Crippen LogP contribution in [-0.2, 0) is 21.9 Å². The van der Waals surface area contributed by atoms with Gasteiger partial charge in [0.15, 0.2) is 0 Å². The Kier molecular flexibility index (Phi) is 15.2. The molecule has 0 saturated carbocycles. The Bertz CT molecular complexity index is 2830. The SMILES string of the molecule is C=C(C)C(=O)OCCC[Si](O[Si](O[Si](O[Si](c1ccccc1)(c1ccccc1)c1ccccc1)(c1ccccc1)c1ccccc1)(c1ccccc1)c1ccccc1)(c1ccccc1)c1ccccc1. The van der Waals surface area contributed by atoms with E-state index in [0.29, 0.717) is 18.0 Å². The predicted molar refractivity (Wildman–Crippen MR) is 296 cm³/mol. The Labute approximate surface area is 417 Å². The van der Waals surface area contributed by atoms with Gasteiger partial charge in [-0.05, 0) is 66.1 Å². The van der Waals surface area contributed by atoms with Gasteiger partial charge in [-0.25, -0.2) is 4.79 Å². The number of hydrogen-bond acceptors (Lipinski definition) is 5. The van der Waals surface area contributed by atoms with Crippen molar-refractivity contribution in [1.82, 2.24) is 0 Å². The molecule has 0 aromatic heterocycles. The van der Waals surface area contributed by atoms with Gasteiger partial charge in [0.05, 0.1) is 6.61 Å². The van der Waals surface area contributed by atoms with Gasteiger partial charge in [0.25, 0.3) is 8.32 Å². The Balaban J connectivity index is 1.40. The average molecular weight is 981 g/mol. The van der Waals surface area contributed by atoms with E-state index in [1.165, 1.54) is 0 Å². The molecule has 0 spiro atoms. The van der Waals surface area contributed by atoms with Crippen molar-refractivity contribution in [1.29, 1.82) is 0 Å². The second kappa shape index (κ2) is 22.1. The second-order valence-corrected chi connectivity index (χ2v) is 31.0. The molecule has 0 unspecified atom stereocenters. The molecular formula is C61H56O5Si4. The lowest BCUT2D eigenvalue weighted by molar-refractivity contribution is -0.138. The lowest BCUT2D eigenvalue weighted by Crippen LogP contribution is -2.83. The molecule has 0 fully saturated rings. The summed E-state index contributed by atoms with van der Waals surface area (Å²) in [7, 11) is -15.4. The molecule has 0 N–H and O–H groups in total. The highest BCUT2D eigenvalue weighted by molar-refractivity contribution is 7.16. The van der Waals surface area contributed by atoms with E-state index in [9.17, 15) is 4.79 Å². The summed E-state index contributed by atoms with van der Waals surface area (Å²) in [6.07, 6.45) is 0.533. The number of rotatable bonds is 20. The zero-order valence-electron chi connectivity index (χ0n) is 39.4. The topological polar surface area (TPSA) is 54.0 Å². The number of carbonyl (C=O) groups excluding carboxylic acids is 1. The van der Waals surface area contributed by atoms with Gasteiger partial charge in [-0.3, -0.25) is 0 Å². The molecule has 0 aliphatic carbocycles. The Hall–Kier alpha value is -7.06. The molecule has 0 radical (unpaired) electrons. The van der Waals surface area contributed by atoms with Gasteiger partial charge >= 0.3 is 23.1 Å². The fourth-order valence-corrected chi connectivity index (χ4v) is 31.6. The quantitative estimate of drug-likeness (QED) is 0.0261. The molecule has 0 atom stereocenters. The maximum atomic E-state index is 12.9. The molecule has 0 saturated heterocycles. The molecular weight excluding hydrogens is 925 g/mol.